The van der Waals surface area contributed by atoms with Crippen LogP contribution >= 0.6 is 39.7 Å². The van der Waals surface area contributed by atoms with Crippen molar-refractivity contribution in [3.63, 3.8) is 0 Å². The molecule has 0 N–H and O–H groups in total. The van der Waals surface area contributed by atoms with E-state index in [1.54, 1.807) is 0 Å². The summed E-state index contributed by atoms with van der Waals surface area (Å²) in [4.78, 5) is 0. The fraction of sp³-hybridized carbons (Fsp3) is 0.176. The first-order chi connectivity index (χ1) is 10.0. The first-order valence-corrected chi connectivity index (χ1v) is 11.1. The van der Waals surface area contributed by atoms with Gasteiger partial charge in [-0.2, -0.15) is 0 Å². The maximum Gasteiger partial charge on any atom is 0.0168 e. The van der Waals surface area contributed by atoms with Gasteiger partial charge in [0, 0.05) is 5.75 Å². The Morgan fingerprint density at radius 1 is 0.762 bits per heavy atom. The molecule has 0 nitrogen and oxygen atoms in total. The fourth-order valence-corrected chi connectivity index (χ4v) is 4.22. The van der Waals surface area contributed by atoms with Crippen LogP contribution in [0.5, 0.6) is 0 Å². The van der Waals surface area contributed by atoms with E-state index in [0.717, 1.165) is 12.8 Å². The summed E-state index contributed by atoms with van der Waals surface area (Å²) in [6.45, 7) is 0. The molecule has 0 amide bonds. The summed E-state index contributed by atoms with van der Waals surface area (Å²) in [7, 11) is 15.8. The highest BCUT2D eigenvalue weighted by Gasteiger charge is 2.13. The summed E-state index contributed by atoms with van der Waals surface area (Å²) in [6, 6.07) is 19.3. The number of rotatable bonds is 4. The molecular formula is C17H15Cl3S. The molecule has 21 heavy (non-hydrogen) atoms. The van der Waals surface area contributed by atoms with E-state index in [-0.39, 0.29) is 0 Å². The third-order valence-electron chi connectivity index (χ3n) is 3.68. The van der Waals surface area contributed by atoms with Gasteiger partial charge in [-0.1, -0.05) is 54.6 Å². The molecule has 0 aliphatic rings. The Labute approximate surface area is 139 Å². The van der Waals surface area contributed by atoms with Gasteiger partial charge in [0.2, 0.25) is 0 Å². The van der Waals surface area contributed by atoms with Gasteiger partial charge in [-0.05, 0) is 79.7 Å². The van der Waals surface area contributed by atoms with Crippen molar-refractivity contribution in [2.24, 2.45) is 0 Å². The van der Waals surface area contributed by atoms with E-state index >= 15 is 0 Å². The smallest absolute Gasteiger partial charge is 0.0168 e. The molecular weight excluding hydrogens is 343 g/mol. The minimum absolute atomic E-state index is 0.652. The quantitative estimate of drug-likeness (QED) is 0.433. The van der Waals surface area contributed by atoms with Gasteiger partial charge in [0.25, 0.3) is 0 Å². The Balaban J connectivity index is 2.04. The molecule has 3 aromatic carbocycles. The van der Waals surface area contributed by atoms with Gasteiger partial charge in [-0.15, -0.1) is 0 Å². The van der Waals surface area contributed by atoms with Crippen LogP contribution < -0.4 is 0 Å². The second-order valence-electron chi connectivity index (χ2n) is 5.11. The minimum Gasteiger partial charge on any atom is -0.0616 e. The van der Waals surface area contributed by atoms with Crippen LogP contribution in [-0.2, 0) is 6.42 Å². The summed E-state index contributed by atoms with van der Waals surface area (Å²) in [5.74, 6) is 0.652. The highest BCUT2D eigenvalue weighted by molar-refractivity contribution is 8.79. The zero-order valence-electron chi connectivity index (χ0n) is 11.4. The van der Waals surface area contributed by atoms with Gasteiger partial charge in [-0.25, -0.2) is 0 Å². The number of aryl methyl sites for hydroxylation is 1. The van der Waals surface area contributed by atoms with E-state index in [1.165, 1.54) is 27.1 Å². The number of hydrogen-bond donors (Lipinski definition) is 0. The number of halogens is 3. The largest absolute Gasteiger partial charge is 0.0616 e. The summed E-state index contributed by atoms with van der Waals surface area (Å²) in [5.41, 5.74) is 1.33. The molecule has 0 aliphatic carbocycles. The summed E-state index contributed by atoms with van der Waals surface area (Å²) in [5, 5.41) is 5.17. The lowest BCUT2D eigenvalue weighted by molar-refractivity contribution is 0.944. The Morgan fingerprint density at radius 2 is 1.38 bits per heavy atom. The molecule has 4 heteroatoms. The van der Waals surface area contributed by atoms with Crippen molar-refractivity contribution in [1.29, 1.82) is 0 Å². The number of hydrogen-bond acceptors (Lipinski definition) is 0. The van der Waals surface area contributed by atoms with Gasteiger partial charge in [0.05, 0.1) is 0 Å². The maximum absolute atomic E-state index is 5.93. The number of fused-ring (bicyclic) bond motifs is 3. The summed E-state index contributed by atoms with van der Waals surface area (Å²) < 4.78 is 0. The molecule has 3 aromatic rings. The maximum atomic E-state index is 5.93. The van der Waals surface area contributed by atoms with Crippen molar-refractivity contribution in [3.05, 3.63) is 60.2 Å². The van der Waals surface area contributed by atoms with Crippen LogP contribution in [0.25, 0.3) is 21.5 Å². The first kappa shape index (κ1) is 15.3. The molecule has 0 radical (unpaired) electrons. The molecule has 0 fully saturated rings. The summed E-state index contributed by atoms with van der Waals surface area (Å²) in [6.07, 6.45) is 1.83. The lowest BCUT2D eigenvalue weighted by Gasteiger charge is -2.15. The van der Waals surface area contributed by atoms with Crippen molar-refractivity contribution < 1.29 is 0 Å². The van der Waals surface area contributed by atoms with Crippen LogP contribution in [0, 0.1) is 0 Å². The third-order valence-corrected chi connectivity index (χ3v) is 5.82. The molecule has 0 bridgehead atoms. The Hall–Kier alpha value is -0.600. The van der Waals surface area contributed by atoms with Crippen LogP contribution in [0.4, 0.5) is 0 Å². The molecule has 0 saturated heterocycles. The Morgan fingerprint density at radius 3 is 2.10 bits per heavy atom. The van der Waals surface area contributed by atoms with Crippen LogP contribution in [0.2, 0.25) is 0 Å². The average Bonchev–Trinajstić information content (AvgIpc) is 2.46. The van der Waals surface area contributed by atoms with Gasteiger partial charge in [-0.3, -0.25) is 0 Å². The highest BCUT2D eigenvalue weighted by Crippen LogP contribution is 2.63. The molecule has 0 saturated carbocycles. The molecule has 0 unspecified atom stereocenters. The highest BCUT2D eigenvalue weighted by atomic mass is 36.2. The van der Waals surface area contributed by atoms with Crippen molar-refractivity contribution in [2.45, 2.75) is 12.8 Å². The third kappa shape index (κ3) is 3.60. The molecule has 0 spiro atoms. The second-order valence-corrected chi connectivity index (χ2v) is 12.7. The molecule has 0 heterocycles. The number of benzene rings is 3. The van der Waals surface area contributed by atoms with Crippen LogP contribution in [0.3, 0.4) is 0 Å². The lowest BCUT2D eigenvalue weighted by Crippen LogP contribution is -1.93. The Kier molecular flexibility index (Phi) is 4.56. The van der Waals surface area contributed by atoms with Crippen molar-refractivity contribution in [1.82, 2.24) is 0 Å². The SMILES string of the molecule is ClS(Cl)(Cl)CCCc1cc2ccccc2c2ccccc12. The first-order valence-electron chi connectivity index (χ1n) is 6.84. The summed E-state index contributed by atoms with van der Waals surface area (Å²) >= 11 is 0. The van der Waals surface area contributed by atoms with Crippen molar-refractivity contribution >= 4 is 61.3 Å². The molecule has 0 aromatic heterocycles. The minimum atomic E-state index is -1.97. The van der Waals surface area contributed by atoms with Crippen LogP contribution in [0.1, 0.15) is 12.0 Å². The van der Waals surface area contributed by atoms with Gasteiger partial charge < -0.3 is 0 Å². The second kappa shape index (κ2) is 6.26. The van der Waals surface area contributed by atoms with Gasteiger partial charge in [0.15, 0.2) is 0 Å². The molecule has 3 rings (SSSR count). The Bertz CT molecular complexity index is 778. The molecule has 0 aliphatic heterocycles. The van der Waals surface area contributed by atoms with E-state index < -0.39 is 7.67 Å². The zero-order chi connectivity index (χ0) is 14.9. The van der Waals surface area contributed by atoms with E-state index in [4.69, 9.17) is 32.0 Å². The normalized spacial score (nSPS) is 12.9. The fourth-order valence-electron chi connectivity index (χ4n) is 2.76. The van der Waals surface area contributed by atoms with Gasteiger partial charge in [0.1, 0.15) is 0 Å². The van der Waals surface area contributed by atoms with Crippen LogP contribution in [0.15, 0.2) is 54.6 Å². The van der Waals surface area contributed by atoms with E-state index in [1.807, 2.05) is 0 Å². The molecule has 110 valence electrons. The van der Waals surface area contributed by atoms with Crippen molar-refractivity contribution in [3.8, 4) is 0 Å². The van der Waals surface area contributed by atoms with E-state index in [2.05, 4.69) is 54.6 Å². The van der Waals surface area contributed by atoms with Crippen molar-refractivity contribution in [2.75, 3.05) is 5.75 Å². The van der Waals surface area contributed by atoms with Gasteiger partial charge >= 0.3 is 0 Å². The van der Waals surface area contributed by atoms with Crippen LogP contribution in [-0.4, -0.2) is 5.75 Å². The predicted molar refractivity (Wildman–Crippen MR) is 99.8 cm³/mol. The monoisotopic (exact) mass is 356 g/mol. The zero-order valence-corrected chi connectivity index (χ0v) is 14.4. The van der Waals surface area contributed by atoms with E-state index in [0.29, 0.717) is 5.75 Å². The average molecular weight is 358 g/mol. The molecule has 0 atom stereocenters. The lowest BCUT2D eigenvalue weighted by atomic mass is 9.95. The van der Waals surface area contributed by atoms with E-state index in [9.17, 15) is 0 Å². The standard InChI is InChI=1S/C17H15Cl3S/c18-21(19,20)11-5-7-14-12-13-6-1-2-8-15(13)17-10-4-3-9-16(14)17/h1-4,6,8-10,12H,5,7,11H2. The predicted octanol–water partition coefficient (Wildman–Crippen LogP) is 7.19. The topological polar surface area (TPSA) is 0 Å².